The first-order chi connectivity index (χ1) is 13.2. The van der Waals surface area contributed by atoms with E-state index in [-0.39, 0.29) is 11.4 Å². The third kappa shape index (κ3) is 3.38. The zero-order valence-electron chi connectivity index (χ0n) is 16.5. The van der Waals surface area contributed by atoms with Crippen LogP contribution in [0.3, 0.4) is 0 Å². The SMILES string of the molecule is Cc1ccccc1Cn1nc(C)c(NC(=O)c2nn(C)c(C)c2[N+](=O)[O-])c1C. The normalized spacial score (nSPS) is 10.9. The minimum Gasteiger partial charge on any atom is -0.317 e. The van der Waals surface area contributed by atoms with Gasteiger partial charge in [-0.1, -0.05) is 24.3 Å². The molecule has 0 fully saturated rings. The summed E-state index contributed by atoms with van der Waals surface area (Å²) in [5.41, 5.74) is 4.04. The van der Waals surface area contributed by atoms with Crippen molar-refractivity contribution in [3.63, 3.8) is 0 Å². The quantitative estimate of drug-likeness (QED) is 0.539. The number of hydrogen-bond donors (Lipinski definition) is 1. The molecule has 0 aliphatic heterocycles. The number of rotatable bonds is 5. The van der Waals surface area contributed by atoms with E-state index >= 15 is 0 Å². The van der Waals surface area contributed by atoms with Crippen LogP contribution in [0.5, 0.6) is 0 Å². The average Bonchev–Trinajstić information content (AvgIpc) is 3.08. The second-order valence-corrected chi connectivity index (χ2v) is 6.75. The second-order valence-electron chi connectivity index (χ2n) is 6.75. The van der Waals surface area contributed by atoms with Gasteiger partial charge in [0.25, 0.3) is 5.91 Å². The van der Waals surface area contributed by atoms with E-state index in [2.05, 4.69) is 15.5 Å². The number of carbonyl (C=O) groups excluding carboxylic acids is 1. The fourth-order valence-electron chi connectivity index (χ4n) is 3.12. The van der Waals surface area contributed by atoms with Crippen molar-refractivity contribution in [2.75, 3.05) is 5.32 Å². The number of aromatic nitrogens is 4. The highest BCUT2D eigenvalue weighted by Crippen LogP contribution is 2.26. The number of carbonyl (C=O) groups is 1. The Bertz CT molecular complexity index is 1080. The molecule has 0 aliphatic carbocycles. The Morgan fingerprint density at radius 2 is 1.82 bits per heavy atom. The summed E-state index contributed by atoms with van der Waals surface area (Å²) in [6.45, 7) is 7.80. The number of anilines is 1. The van der Waals surface area contributed by atoms with Crippen molar-refractivity contribution < 1.29 is 9.72 Å². The van der Waals surface area contributed by atoms with Crippen molar-refractivity contribution in [2.45, 2.75) is 34.2 Å². The van der Waals surface area contributed by atoms with Crippen LogP contribution in [0.25, 0.3) is 0 Å². The first-order valence-corrected chi connectivity index (χ1v) is 8.78. The van der Waals surface area contributed by atoms with Crippen LogP contribution in [0, 0.1) is 37.8 Å². The molecule has 2 heterocycles. The van der Waals surface area contributed by atoms with Crippen molar-refractivity contribution >= 4 is 17.3 Å². The number of nitrogens with one attached hydrogen (secondary N) is 1. The predicted molar refractivity (Wildman–Crippen MR) is 105 cm³/mol. The molecule has 1 aromatic carbocycles. The zero-order valence-corrected chi connectivity index (χ0v) is 16.5. The Labute approximate surface area is 162 Å². The first kappa shape index (κ1) is 19.3. The maximum Gasteiger partial charge on any atom is 0.322 e. The van der Waals surface area contributed by atoms with Crippen LogP contribution in [0.1, 0.15) is 38.7 Å². The van der Waals surface area contributed by atoms with Gasteiger partial charge in [0, 0.05) is 7.05 Å². The number of benzene rings is 1. The molecule has 2 aromatic heterocycles. The summed E-state index contributed by atoms with van der Waals surface area (Å²) >= 11 is 0. The molecular formula is C19H22N6O3. The van der Waals surface area contributed by atoms with E-state index < -0.39 is 10.8 Å². The fraction of sp³-hybridized carbons (Fsp3) is 0.316. The van der Waals surface area contributed by atoms with Crippen molar-refractivity contribution in [3.05, 3.63) is 68.3 Å². The molecule has 0 saturated heterocycles. The Hall–Kier alpha value is -3.49. The highest BCUT2D eigenvalue weighted by molar-refractivity contribution is 6.06. The topological polar surface area (TPSA) is 108 Å². The maximum absolute atomic E-state index is 12.7. The molecule has 28 heavy (non-hydrogen) atoms. The van der Waals surface area contributed by atoms with Gasteiger partial charge in [-0.15, -0.1) is 0 Å². The molecule has 3 aromatic rings. The molecular weight excluding hydrogens is 360 g/mol. The van der Waals surface area contributed by atoms with Gasteiger partial charge in [0.2, 0.25) is 5.69 Å². The summed E-state index contributed by atoms with van der Waals surface area (Å²) in [6, 6.07) is 8.02. The van der Waals surface area contributed by atoms with E-state index in [0.29, 0.717) is 23.6 Å². The monoisotopic (exact) mass is 382 g/mol. The Balaban J connectivity index is 1.91. The lowest BCUT2D eigenvalue weighted by Gasteiger charge is -2.08. The Morgan fingerprint density at radius 3 is 2.46 bits per heavy atom. The number of hydrogen-bond acceptors (Lipinski definition) is 5. The highest BCUT2D eigenvalue weighted by Gasteiger charge is 2.30. The second kappa shape index (κ2) is 7.26. The van der Waals surface area contributed by atoms with Crippen molar-refractivity contribution in [2.24, 2.45) is 7.05 Å². The van der Waals surface area contributed by atoms with E-state index in [1.165, 1.54) is 4.68 Å². The molecule has 3 rings (SSSR count). The first-order valence-electron chi connectivity index (χ1n) is 8.78. The summed E-state index contributed by atoms with van der Waals surface area (Å²) in [6.07, 6.45) is 0. The van der Waals surface area contributed by atoms with Gasteiger partial charge in [-0.05, 0) is 38.8 Å². The van der Waals surface area contributed by atoms with Crippen molar-refractivity contribution in [1.29, 1.82) is 0 Å². The average molecular weight is 382 g/mol. The molecule has 0 radical (unpaired) electrons. The standard InChI is InChI=1S/C19H22N6O3/c1-11-8-6-7-9-15(11)10-24-13(3)16(12(2)21-24)20-19(26)17-18(25(27)28)14(4)23(5)22-17/h6-9H,10H2,1-5H3,(H,20,26). The van der Waals surface area contributed by atoms with Crippen LogP contribution in [0.15, 0.2) is 24.3 Å². The van der Waals surface area contributed by atoms with Gasteiger partial charge in [0.05, 0.1) is 28.5 Å². The molecule has 146 valence electrons. The van der Waals surface area contributed by atoms with Crippen LogP contribution in [-0.4, -0.2) is 30.4 Å². The molecule has 0 atom stereocenters. The van der Waals surface area contributed by atoms with Gasteiger partial charge in [0.1, 0.15) is 5.69 Å². The summed E-state index contributed by atoms with van der Waals surface area (Å²) < 4.78 is 3.14. The number of amides is 1. The van der Waals surface area contributed by atoms with Crippen LogP contribution < -0.4 is 5.32 Å². The molecule has 0 bridgehead atoms. The lowest BCUT2D eigenvalue weighted by molar-refractivity contribution is -0.385. The van der Waals surface area contributed by atoms with Crippen LogP contribution in [0.4, 0.5) is 11.4 Å². The molecule has 9 heteroatoms. The van der Waals surface area contributed by atoms with Gasteiger partial charge in [0.15, 0.2) is 0 Å². The van der Waals surface area contributed by atoms with Gasteiger partial charge in [-0.25, -0.2) is 0 Å². The van der Waals surface area contributed by atoms with Gasteiger partial charge in [-0.2, -0.15) is 10.2 Å². The highest BCUT2D eigenvalue weighted by atomic mass is 16.6. The lowest BCUT2D eigenvalue weighted by Crippen LogP contribution is -2.16. The molecule has 9 nitrogen and oxygen atoms in total. The molecule has 1 N–H and O–H groups in total. The van der Waals surface area contributed by atoms with E-state index in [4.69, 9.17) is 0 Å². The molecule has 0 saturated carbocycles. The van der Waals surface area contributed by atoms with Gasteiger partial charge in [-0.3, -0.25) is 24.3 Å². The third-order valence-electron chi connectivity index (χ3n) is 4.90. The van der Waals surface area contributed by atoms with E-state index in [0.717, 1.165) is 16.8 Å². The van der Waals surface area contributed by atoms with Crippen LogP contribution in [0.2, 0.25) is 0 Å². The Morgan fingerprint density at radius 1 is 1.14 bits per heavy atom. The number of nitrogens with zero attached hydrogens (tertiary/aromatic N) is 5. The van der Waals surface area contributed by atoms with Crippen molar-refractivity contribution in [3.8, 4) is 0 Å². The van der Waals surface area contributed by atoms with Gasteiger partial charge < -0.3 is 5.32 Å². The number of aryl methyl sites for hydroxylation is 3. The predicted octanol–water partition coefficient (Wildman–Crippen LogP) is 3.06. The minimum atomic E-state index is -0.628. The minimum absolute atomic E-state index is 0.213. The van der Waals surface area contributed by atoms with Crippen LogP contribution in [-0.2, 0) is 13.6 Å². The Kier molecular flexibility index (Phi) is 5.00. The van der Waals surface area contributed by atoms with Crippen LogP contribution >= 0.6 is 0 Å². The summed E-state index contributed by atoms with van der Waals surface area (Å²) in [4.78, 5) is 23.5. The van der Waals surface area contributed by atoms with E-state index in [1.54, 1.807) is 20.9 Å². The summed E-state index contributed by atoms with van der Waals surface area (Å²) in [5, 5.41) is 22.6. The third-order valence-corrected chi connectivity index (χ3v) is 4.90. The molecule has 0 unspecified atom stereocenters. The maximum atomic E-state index is 12.7. The van der Waals surface area contributed by atoms with Crippen molar-refractivity contribution in [1.82, 2.24) is 19.6 Å². The lowest BCUT2D eigenvalue weighted by atomic mass is 10.1. The van der Waals surface area contributed by atoms with E-state index in [9.17, 15) is 14.9 Å². The smallest absolute Gasteiger partial charge is 0.317 e. The summed E-state index contributed by atoms with van der Waals surface area (Å²) in [7, 11) is 1.57. The zero-order chi connectivity index (χ0) is 20.6. The molecule has 0 aliphatic rings. The van der Waals surface area contributed by atoms with Gasteiger partial charge >= 0.3 is 5.69 Å². The molecule has 1 amide bonds. The number of nitro groups is 1. The fourth-order valence-corrected chi connectivity index (χ4v) is 3.12. The largest absolute Gasteiger partial charge is 0.322 e. The summed E-state index contributed by atoms with van der Waals surface area (Å²) in [5.74, 6) is -0.628. The molecule has 0 spiro atoms. The van der Waals surface area contributed by atoms with E-state index in [1.807, 2.05) is 42.8 Å².